The minimum atomic E-state index is 0.0199. The summed E-state index contributed by atoms with van der Waals surface area (Å²) >= 11 is 0. The summed E-state index contributed by atoms with van der Waals surface area (Å²) in [5.74, 6) is 0.0199. The van der Waals surface area contributed by atoms with Gasteiger partial charge in [-0.15, -0.1) is 0 Å². The molecule has 0 saturated heterocycles. The van der Waals surface area contributed by atoms with Gasteiger partial charge in [0.25, 0.3) is 0 Å². The molecular weight excluding hydrogens is 364 g/mol. The molecule has 0 unspecified atom stereocenters. The van der Waals surface area contributed by atoms with Gasteiger partial charge in [0.2, 0.25) is 0 Å². The summed E-state index contributed by atoms with van der Waals surface area (Å²) < 4.78 is 0. The van der Waals surface area contributed by atoms with E-state index in [1.165, 1.54) is 32.3 Å². The van der Waals surface area contributed by atoms with Crippen LogP contribution in [-0.2, 0) is 0 Å². The molecule has 6 aromatic carbocycles. The van der Waals surface area contributed by atoms with Crippen molar-refractivity contribution in [3.8, 4) is 0 Å². The highest BCUT2D eigenvalue weighted by Gasteiger charge is 2.10. The van der Waals surface area contributed by atoms with Gasteiger partial charge >= 0.3 is 0 Å². The number of carbonyl (C=O) groups is 1. The Morgan fingerprint density at radius 2 is 1.20 bits per heavy atom. The summed E-state index contributed by atoms with van der Waals surface area (Å²) in [6, 6.07) is 33.4. The van der Waals surface area contributed by atoms with E-state index in [0.717, 1.165) is 16.3 Å². The van der Waals surface area contributed by atoms with Crippen molar-refractivity contribution in [2.75, 3.05) is 0 Å². The van der Waals surface area contributed by atoms with Gasteiger partial charge in [-0.25, -0.2) is 0 Å². The van der Waals surface area contributed by atoms with E-state index in [-0.39, 0.29) is 5.78 Å². The molecule has 0 saturated carbocycles. The van der Waals surface area contributed by atoms with Gasteiger partial charge in [0, 0.05) is 5.56 Å². The van der Waals surface area contributed by atoms with E-state index in [9.17, 15) is 4.79 Å². The Kier molecular flexibility index (Phi) is 3.69. The summed E-state index contributed by atoms with van der Waals surface area (Å²) in [6.07, 6.45) is 3.64. The molecule has 6 aromatic rings. The lowest BCUT2D eigenvalue weighted by atomic mass is 9.92. The van der Waals surface area contributed by atoms with Gasteiger partial charge in [0.05, 0.1) is 0 Å². The van der Waals surface area contributed by atoms with Crippen molar-refractivity contribution in [3.05, 3.63) is 114 Å². The second kappa shape index (κ2) is 6.53. The summed E-state index contributed by atoms with van der Waals surface area (Å²) in [5.41, 5.74) is 1.78. The molecule has 0 N–H and O–H groups in total. The average molecular weight is 382 g/mol. The Morgan fingerprint density at radius 3 is 2.03 bits per heavy atom. The average Bonchev–Trinajstić information content (AvgIpc) is 2.81. The standard InChI is InChI=1S/C29H18O/c30-27(25-13-8-19-4-1-2-5-24(19)18-25)17-15-20-9-10-23-12-11-21-6-3-7-22-14-16-26(20)29(23)28(21)22/h1-18H/b17-15+. The number of ketones is 1. The van der Waals surface area contributed by atoms with Gasteiger partial charge in [-0.2, -0.15) is 0 Å². The quantitative estimate of drug-likeness (QED) is 0.175. The predicted octanol–water partition coefficient (Wildman–Crippen LogP) is 7.63. The maximum absolute atomic E-state index is 12.8. The molecule has 6 rings (SSSR count). The van der Waals surface area contributed by atoms with Gasteiger partial charge < -0.3 is 0 Å². The van der Waals surface area contributed by atoms with Crippen molar-refractivity contribution >= 4 is 54.9 Å². The fourth-order valence-corrected chi connectivity index (χ4v) is 4.51. The third kappa shape index (κ3) is 2.60. The van der Waals surface area contributed by atoms with Gasteiger partial charge in [-0.05, 0) is 60.8 Å². The summed E-state index contributed by atoms with van der Waals surface area (Å²) in [7, 11) is 0. The molecule has 0 aliphatic carbocycles. The molecule has 1 nitrogen and oxygen atoms in total. The van der Waals surface area contributed by atoms with Crippen molar-refractivity contribution < 1.29 is 4.79 Å². The largest absolute Gasteiger partial charge is 0.289 e. The first kappa shape index (κ1) is 16.9. The van der Waals surface area contributed by atoms with E-state index in [4.69, 9.17) is 0 Å². The number of hydrogen-bond acceptors (Lipinski definition) is 1. The zero-order chi connectivity index (χ0) is 20.1. The van der Waals surface area contributed by atoms with Crippen LogP contribution >= 0.6 is 0 Å². The van der Waals surface area contributed by atoms with E-state index < -0.39 is 0 Å². The highest BCUT2D eigenvalue weighted by atomic mass is 16.1. The second-order valence-corrected chi connectivity index (χ2v) is 7.77. The normalized spacial score (nSPS) is 12.0. The van der Waals surface area contributed by atoms with E-state index >= 15 is 0 Å². The molecule has 0 fully saturated rings. The number of allylic oxidation sites excluding steroid dienone is 1. The number of benzene rings is 6. The number of fused-ring (bicyclic) bond motifs is 1. The van der Waals surface area contributed by atoms with E-state index in [1.54, 1.807) is 6.08 Å². The van der Waals surface area contributed by atoms with Crippen LogP contribution < -0.4 is 0 Å². The topological polar surface area (TPSA) is 17.1 Å². The monoisotopic (exact) mass is 382 g/mol. The van der Waals surface area contributed by atoms with Crippen LogP contribution in [0.4, 0.5) is 0 Å². The molecule has 1 heteroatoms. The number of hydrogen-bond donors (Lipinski definition) is 0. The van der Waals surface area contributed by atoms with Crippen LogP contribution in [0.5, 0.6) is 0 Å². The lowest BCUT2D eigenvalue weighted by Gasteiger charge is -2.12. The fourth-order valence-electron chi connectivity index (χ4n) is 4.51. The van der Waals surface area contributed by atoms with E-state index in [2.05, 4.69) is 60.7 Å². The molecular formula is C29H18O. The Bertz CT molecular complexity index is 1590. The SMILES string of the molecule is O=C(/C=C/c1ccc2ccc3cccc4ccc1c2c34)c1ccc2ccccc2c1. The molecule has 0 amide bonds. The maximum atomic E-state index is 12.8. The minimum absolute atomic E-state index is 0.0199. The van der Waals surface area contributed by atoms with Gasteiger partial charge in [0.15, 0.2) is 5.78 Å². The molecule has 30 heavy (non-hydrogen) atoms. The van der Waals surface area contributed by atoms with Crippen LogP contribution in [0.25, 0.3) is 49.2 Å². The van der Waals surface area contributed by atoms with Gasteiger partial charge in [0.1, 0.15) is 0 Å². The van der Waals surface area contributed by atoms with Crippen LogP contribution in [0.15, 0.2) is 103 Å². The Morgan fingerprint density at radius 1 is 0.567 bits per heavy atom. The van der Waals surface area contributed by atoms with Crippen molar-refractivity contribution in [2.24, 2.45) is 0 Å². The minimum Gasteiger partial charge on any atom is -0.289 e. The Balaban J connectivity index is 1.46. The van der Waals surface area contributed by atoms with Gasteiger partial charge in [-0.1, -0.05) is 97.1 Å². The first-order valence-electron chi connectivity index (χ1n) is 10.2. The van der Waals surface area contributed by atoms with Gasteiger partial charge in [-0.3, -0.25) is 4.79 Å². The Hall–Kier alpha value is -3.97. The molecule has 0 bridgehead atoms. The molecule has 0 radical (unpaired) electrons. The molecule has 0 aromatic heterocycles. The lowest BCUT2D eigenvalue weighted by molar-refractivity contribution is 0.104. The first-order chi connectivity index (χ1) is 14.8. The lowest BCUT2D eigenvalue weighted by Crippen LogP contribution is -1.94. The second-order valence-electron chi connectivity index (χ2n) is 7.77. The molecule has 0 atom stereocenters. The summed E-state index contributed by atoms with van der Waals surface area (Å²) in [4.78, 5) is 12.8. The zero-order valence-corrected chi connectivity index (χ0v) is 16.3. The van der Waals surface area contributed by atoms with Crippen LogP contribution in [0, 0.1) is 0 Å². The highest BCUT2D eigenvalue weighted by molar-refractivity contribution is 6.24. The fraction of sp³-hybridized carbons (Fsp3) is 0. The number of rotatable bonds is 3. The van der Waals surface area contributed by atoms with E-state index in [1.807, 2.05) is 42.5 Å². The Labute approximate surface area is 174 Å². The third-order valence-corrected chi connectivity index (χ3v) is 6.01. The van der Waals surface area contributed by atoms with Crippen molar-refractivity contribution in [1.29, 1.82) is 0 Å². The molecule has 0 aliphatic rings. The summed E-state index contributed by atoms with van der Waals surface area (Å²) in [6.45, 7) is 0. The first-order valence-corrected chi connectivity index (χ1v) is 10.2. The third-order valence-electron chi connectivity index (χ3n) is 6.01. The molecule has 140 valence electrons. The predicted molar refractivity (Wildman–Crippen MR) is 127 cm³/mol. The molecule has 0 heterocycles. The van der Waals surface area contributed by atoms with E-state index in [0.29, 0.717) is 5.56 Å². The zero-order valence-electron chi connectivity index (χ0n) is 16.3. The highest BCUT2D eigenvalue weighted by Crippen LogP contribution is 2.36. The molecule has 0 spiro atoms. The molecule has 0 aliphatic heterocycles. The maximum Gasteiger partial charge on any atom is 0.185 e. The smallest absolute Gasteiger partial charge is 0.185 e. The summed E-state index contributed by atoms with van der Waals surface area (Å²) in [5, 5.41) is 9.70. The van der Waals surface area contributed by atoms with Crippen LogP contribution in [0.1, 0.15) is 15.9 Å². The van der Waals surface area contributed by atoms with Crippen LogP contribution in [-0.4, -0.2) is 5.78 Å². The number of carbonyl (C=O) groups excluding carboxylic acids is 1. The van der Waals surface area contributed by atoms with Crippen LogP contribution in [0.3, 0.4) is 0 Å². The van der Waals surface area contributed by atoms with Crippen molar-refractivity contribution in [2.45, 2.75) is 0 Å². The van der Waals surface area contributed by atoms with Crippen LogP contribution in [0.2, 0.25) is 0 Å². The van der Waals surface area contributed by atoms with Crippen molar-refractivity contribution in [3.63, 3.8) is 0 Å². The van der Waals surface area contributed by atoms with Crippen molar-refractivity contribution in [1.82, 2.24) is 0 Å².